The van der Waals surface area contributed by atoms with E-state index >= 15 is 0 Å². The normalized spacial score (nSPS) is 11.1. The van der Waals surface area contributed by atoms with Crippen LogP contribution in [0.25, 0.3) is 11.3 Å². The summed E-state index contributed by atoms with van der Waals surface area (Å²) in [6.07, 6.45) is 0. The smallest absolute Gasteiger partial charge is 0.300 e. The van der Waals surface area contributed by atoms with Gasteiger partial charge in [-0.25, -0.2) is 13.4 Å². The number of benzene rings is 3. The molecule has 0 aliphatic carbocycles. The number of nitrogens with one attached hydrogen (secondary N) is 2. The molecule has 1 heterocycles. The van der Waals surface area contributed by atoms with Crippen LogP contribution in [0.5, 0.6) is 0 Å². The predicted octanol–water partition coefficient (Wildman–Crippen LogP) is 5.53. The van der Waals surface area contributed by atoms with Crippen molar-refractivity contribution < 1.29 is 23.1 Å². The standard InChI is InChI=1S/C26H24N6O7S2/c1-3-30(4-2)24-22(31(34)35)14-18(15-23(24)32(36)37)25(33)27-19-10-12-20(13-11-19)41(38,39)29-26-28-21(16-40-26)17-8-6-5-7-9-17/h5-16H,3-4H2,1-2H3,(H,27,33)(H,28,29). The highest BCUT2D eigenvalue weighted by molar-refractivity contribution is 7.93. The average Bonchev–Trinajstić information content (AvgIpc) is 3.42. The van der Waals surface area contributed by atoms with Gasteiger partial charge >= 0.3 is 0 Å². The van der Waals surface area contributed by atoms with Gasteiger partial charge in [0.25, 0.3) is 27.3 Å². The summed E-state index contributed by atoms with van der Waals surface area (Å²) < 4.78 is 28.2. The first kappa shape index (κ1) is 29.1. The van der Waals surface area contributed by atoms with Crippen LogP contribution in [0.1, 0.15) is 24.2 Å². The molecule has 212 valence electrons. The molecule has 0 unspecified atom stereocenters. The highest BCUT2D eigenvalue weighted by Crippen LogP contribution is 2.39. The Morgan fingerprint density at radius 2 is 1.54 bits per heavy atom. The summed E-state index contributed by atoms with van der Waals surface area (Å²) >= 11 is 1.13. The zero-order valence-electron chi connectivity index (χ0n) is 21.8. The molecule has 0 bridgehead atoms. The lowest BCUT2D eigenvalue weighted by Crippen LogP contribution is -2.24. The van der Waals surface area contributed by atoms with Crippen molar-refractivity contribution in [3.63, 3.8) is 0 Å². The molecule has 3 aromatic carbocycles. The lowest BCUT2D eigenvalue weighted by Gasteiger charge is -2.20. The maximum absolute atomic E-state index is 12.9. The fourth-order valence-corrected chi connectivity index (χ4v) is 6.01. The fraction of sp³-hybridized carbons (Fsp3) is 0.154. The number of hydrogen-bond acceptors (Lipinski definition) is 10. The average molecular weight is 597 g/mol. The van der Waals surface area contributed by atoms with E-state index < -0.39 is 37.2 Å². The van der Waals surface area contributed by atoms with Gasteiger partial charge in [0.15, 0.2) is 10.8 Å². The van der Waals surface area contributed by atoms with E-state index in [1.807, 2.05) is 30.3 Å². The Hall–Kier alpha value is -4.89. The molecule has 4 rings (SSSR count). The maximum atomic E-state index is 12.9. The number of carbonyl (C=O) groups is 1. The van der Waals surface area contributed by atoms with Gasteiger partial charge in [-0.2, -0.15) is 0 Å². The van der Waals surface area contributed by atoms with Crippen molar-refractivity contribution in [2.75, 3.05) is 28.0 Å². The number of aromatic nitrogens is 1. The number of carbonyl (C=O) groups excluding carboxylic acids is 1. The number of thiazole rings is 1. The van der Waals surface area contributed by atoms with Crippen LogP contribution in [0.4, 0.5) is 27.9 Å². The fourth-order valence-electron chi connectivity index (χ4n) is 4.03. The topological polar surface area (TPSA) is 178 Å². The summed E-state index contributed by atoms with van der Waals surface area (Å²) in [5.41, 5.74) is 0.0176. The monoisotopic (exact) mass is 596 g/mol. The summed E-state index contributed by atoms with van der Waals surface area (Å²) in [4.78, 5) is 40.6. The van der Waals surface area contributed by atoms with Crippen molar-refractivity contribution >= 4 is 55.1 Å². The quantitative estimate of drug-likeness (QED) is 0.166. The van der Waals surface area contributed by atoms with E-state index in [0.29, 0.717) is 5.69 Å². The molecule has 0 saturated carbocycles. The number of sulfonamides is 1. The largest absolute Gasteiger partial charge is 0.361 e. The summed E-state index contributed by atoms with van der Waals surface area (Å²) in [6.45, 7) is 3.97. The zero-order chi connectivity index (χ0) is 29.7. The molecular formula is C26H24N6O7S2. The van der Waals surface area contributed by atoms with Crippen LogP contribution < -0.4 is 14.9 Å². The van der Waals surface area contributed by atoms with Crippen molar-refractivity contribution in [2.24, 2.45) is 0 Å². The molecule has 1 aromatic heterocycles. The molecule has 41 heavy (non-hydrogen) atoms. The molecule has 0 saturated heterocycles. The third-order valence-electron chi connectivity index (χ3n) is 6.02. The predicted molar refractivity (Wildman–Crippen MR) is 156 cm³/mol. The lowest BCUT2D eigenvalue weighted by molar-refractivity contribution is -0.392. The Kier molecular flexibility index (Phi) is 8.59. The van der Waals surface area contributed by atoms with Crippen LogP contribution in [-0.4, -0.2) is 42.2 Å². The number of nitrogens with zero attached hydrogens (tertiary/aromatic N) is 4. The van der Waals surface area contributed by atoms with E-state index in [-0.39, 0.29) is 40.1 Å². The van der Waals surface area contributed by atoms with E-state index in [0.717, 1.165) is 29.0 Å². The summed E-state index contributed by atoms with van der Waals surface area (Å²) in [5, 5.41) is 27.9. The van der Waals surface area contributed by atoms with Gasteiger partial charge in [0.2, 0.25) is 0 Å². The van der Waals surface area contributed by atoms with Gasteiger partial charge in [0, 0.05) is 41.9 Å². The summed E-state index contributed by atoms with van der Waals surface area (Å²) in [5.74, 6) is -0.841. The summed E-state index contributed by atoms with van der Waals surface area (Å²) in [7, 11) is -4.00. The number of rotatable bonds is 11. The van der Waals surface area contributed by atoms with Crippen LogP contribution >= 0.6 is 11.3 Å². The third-order valence-corrected chi connectivity index (χ3v) is 8.26. The van der Waals surface area contributed by atoms with E-state index in [4.69, 9.17) is 0 Å². The van der Waals surface area contributed by atoms with Gasteiger partial charge < -0.3 is 10.2 Å². The Morgan fingerprint density at radius 3 is 2.07 bits per heavy atom. The molecule has 2 N–H and O–H groups in total. The SMILES string of the molecule is CCN(CC)c1c([N+](=O)[O-])cc(C(=O)Nc2ccc(S(=O)(=O)Nc3nc(-c4ccccc4)cs3)cc2)cc1[N+](=O)[O-]. The minimum absolute atomic E-state index is 0.0955. The number of amides is 1. The van der Waals surface area contributed by atoms with Gasteiger partial charge in [-0.3, -0.25) is 29.7 Å². The first-order valence-electron chi connectivity index (χ1n) is 12.2. The molecule has 15 heteroatoms. The number of nitro benzene ring substituents is 2. The Balaban J connectivity index is 1.54. The Morgan fingerprint density at radius 1 is 0.951 bits per heavy atom. The molecular weight excluding hydrogens is 572 g/mol. The molecule has 0 fully saturated rings. The second kappa shape index (κ2) is 12.1. The molecule has 4 aromatic rings. The van der Waals surface area contributed by atoms with E-state index in [1.54, 1.807) is 19.2 Å². The zero-order valence-corrected chi connectivity index (χ0v) is 23.4. The van der Waals surface area contributed by atoms with E-state index in [1.165, 1.54) is 29.2 Å². The minimum Gasteiger partial charge on any atom is -0.361 e. The Bertz CT molecular complexity index is 1670. The second-order valence-electron chi connectivity index (χ2n) is 8.54. The van der Waals surface area contributed by atoms with E-state index in [2.05, 4.69) is 15.0 Å². The van der Waals surface area contributed by atoms with Gasteiger partial charge in [0.1, 0.15) is 0 Å². The first-order chi connectivity index (χ1) is 19.5. The second-order valence-corrected chi connectivity index (χ2v) is 11.1. The molecule has 0 radical (unpaired) electrons. The van der Waals surface area contributed by atoms with Crippen LogP contribution in [0, 0.1) is 20.2 Å². The van der Waals surface area contributed by atoms with Crippen LogP contribution in [0.15, 0.2) is 77.0 Å². The third kappa shape index (κ3) is 6.47. The maximum Gasteiger partial charge on any atom is 0.300 e. The highest BCUT2D eigenvalue weighted by Gasteiger charge is 2.31. The van der Waals surface area contributed by atoms with Crippen molar-refractivity contribution in [1.82, 2.24) is 4.98 Å². The van der Waals surface area contributed by atoms with Crippen LogP contribution in [0.2, 0.25) is 0 Å². The molecule has 0 aliphatic heterocycles. The number of hydrogen-bond donors (Lipinski definition) is 2. The molecule has 13 nitrogen and oxygen atoms in total. The molecule has 1 amide bonds. The van der Waals surface area contributed by atoms with Gasteiger partial charge in [-0.05, 0) is 38.1 Å². The van der Waals surface area contributed by atoms with Crippen LogP contribution in [0.3, 0.4) is 0 Å². The number of nitro groups is 2. The molecule has 0 aliphatic rings. The van der Waals surface area contributed by atoms with Crippen molar-refractivity contribution in [1.29, 1.82) is 0 Å². The van der Waals surface area contributed by atoms with Crippen molar-refractivity contribution in [3.8, 4) is 11.3 Å². The van der Waals surface area contributed by atoms with E-state index in [9.17, 15) is 33.4 Å². The molecule has 0 atom stereocenters. The highest BCUT2D eigenvalue weighted by atomic mass is 32.2. The number of anilines is 3. The molecule has 0 spiro atoms. The first-order valence-corrected chi connectivity index (χ1v) is 14.6. The summed E-state index contributed by atoms with van der Waals surface area (Å²) in [6, 6.07) is 16.4. The van der Waals surface area contributed by atoms with Crippen molar-refractivity contribution in [2.45, 2.75) is 18.7 Å². The Labute approximate surface area is 238 Å². The lowest BCUT2D eigenvalue weighted by atomic mass is 10.1. The van der Waals surface area contributed by atoms with Gasteiger partial charge in [0.05, 0.1) is 26.0 Å². The van der Waals surface area contributed by atoms with Crippen molar-refractivity contribution in [3.05, 3.63) is 97.9 Å². The van der Waals surface area contributed by atoms with Crippen LogP contribution in [-0.2, 0) is 10.0 Å². The van der Waals surface area contributed by atoms with Gasteiger partial charge in [-0.1, -0.05) is 30.3 Å². The minimum atomic E-state index is -4.00. The van der Waals surface area contributed by atoms with Gasteiger partial charge in [-0.15, -0.1) is 11.3 Å².